The molecule has 3 nitrogen and oxygen atoms in total. The van der Waals surface area contributed by atoms with Crippen molar-refractivity contribution in [3.63, 3.8) is 0 Å². The lowest BCUT2D eigenvalue weighted by Crippen LogP contribution is -2.45. The Morgan fingerprint density at radius 1 is 1.36 bits per heavy atom. The van der Waals surface area contributed by atoms with E-state index in [1.807, 2.05) is 11.0 Å². The highest BCUT2D eigenvalue weighted by molar-refractivity contribution is 6.35. The van der Waals surface area contributed by atoms with E-state index in [1.54, 1.807) is 6.07 Å². The number of rotatable bonds is 1. The van der Waals surface area contributed by atoms with Gasteiger partial charge in [-0.3, -0.25) is 4.79 Å². The summed E-state index contributed by atoms with van der Waals surface area (Å²) in [6, 6.07) is 4.15. The topological polar surface area (TPSA) is 32.3 Å². The fraction of sp³-hybridized carbons (Fsp3) is 0.562. The van der Waals surface area contributed by atoms with Crippen molar-refractivity contribution in [3.8, 4) is 0 Å². The maximum absolute atomic E-state index is 12.7. The van der Waals surface area contributed by atoms with Crippen molar-refractivity contribution in [2.45, 2.75) is 38.8 Å². The van der Waals surface area contributed by atoms with Gasteiger partial charge in [-0.25, -0.2) is 0 Å². The highest BCUT2D eigenvalue weighted by Gasteiger charge is 2.30. The Hall–Kier alpha value is -0.480. The summed E-state index contributed by atoms with van der Waals surface area (Å²) in [5, 5.41) is 4.76. The highest BCUT2D eigenvalue weighted by atomic mass is 35.5. The summed E-state index contributed by atoms with van der Waals surface area (Å²) >= 11 is 12.3. The van der Waals surface area contributed by atoms with Crippen molar-refractivity contribution < 1.29 is 4.79 Å². The average Bonchev–Trinajstić information content (AvgIpc) is 2.45. The molecule has 1 aromatic carbocycles. The first-order valence-electron chi connectivity index (χ1n) is 7.53. The molecule has 2 aliphatic rings. The molecule has 0 unspecified atom stereocenters. The van der Waals surface area contributed by atoms with Gasteiger partial charge >= 0.3 is 0 Å². The van der Waals surface area contributed by atoms with Gasteiger partial charge in [0.2, 0.25) is 5.91 Å². The molecule has 1 amide bonds. The van der Waals surface area contributed by atoms with Crippen LogP contribution >= 0.6 is 35.6 Å². The summed E-state index contributed by atoms with van der Waals surface area (Å²) in [7, 11) is 0. The van der Waals surface area contributed by atoms with Crippen molar-refractivity contribution >= 4 is 41.5 Å². The molecule has 1 N–H and O–H groups in total. The van der Waals surface area contributed by atoms with Gasteiger partial charge in [-0.15, -0.1) is 12.4 Å². The summed E-state index contributed by atoms with van der Waals surface area (Å²) in [5.74, 6) is 0.433. The quantitative estimate of drug-likeness (QED) is 0.825. The first-order chi connectivity index (χ1) is 10.0. The van der Waals surface area contributed by atoms with Crippen LogP contribution in [0.2, 0.25) is 10.0 Å². The number of hydrogen-bond acceptors (Lipinski definition) is 2. The first kappa shape index (κ1) is 17.9. The van der Waals surface area contributed by atoms with Gasteiger partial charge in [0.15, 0.2) is 0 Å². The van der Waals surface area contributed by atoms with Crippen LogP contribution in [0.25, 0.3) is 0 Å². The average molecular weight is 364 g/mol. The molecule has 22 heavy (non-hydrogen) atoms. The number of halogens is 3. The Kier molecular flexibility index (Phi) is 6.00. The molecule has 1 fully saturated rings. The van der Waals surface area contributed by atoms with Crippen molar-refractivity contribution in [2.24, 2.45) is 5.92 Å². The molecule has 6 heteroatoms. The minimum atomic E-state index is 0. The number of nitrogens with one attached hydrogen (secondary N) is 1. The van der Waals surface area contributed by atoms with E-state index in [0.29, 0.717) is 17.6 Å². The van der Waals surface area contributed by atoms with Crippen molar-refractivity contribution in [2.75, 3.05) is 13.1 Å². The number of carbonyl (C=O) groups excluding carboxylic acids is 1. The Labute approximate surface area is 147 Å². The largest absolute Gasteiger partial charge is 0.338 e. The Bertz CT molecular complexity index is 565. The van der Waals surface area contributed by atoms with E-state index in [2.05, 4.69) is 12.2 Å². The summed E-state index contributed by atoms with van der Waals surface area (Å²) in [4.78, 5) is 14.7. The SMILES string of the molecule is C[C@H]1C[C@@H](C(=O)N2CCc3c(Cl)cc(Cl)cc3C2)CCN1.Cl. The molecular weight excluding hydrogens is 343 g/mol. The molecule has 2 atom stereocenters. The molecule has 0 aromatic heterocycles. The molecule has 122 valence electrons. The van der Waals surface area contributed by atoms with E-state index >= 15 is 0 Å². The first-order valence-corrected chi connectivity index (χ1v) is 8.29. The zero-order valence-electron chi connectivity index (χ0n) is 12.6. The number of fused-ring (bicyclic) bond motifs is 1. The van der Waals surface area contributed by atoms with Crippen molar-refractivity contribution in [3.05, 3.63) is 33.3 Å². The standard InChI is InChI=1S/C16H20Cl2N2O.ClH/c1-10-6-11(2-4-19-10)16(21)20-5-3-14-12(9-20)7-13(17)8-15(14)18;/h7-8,10-11,19H,2-6,9H2,1H3;1H/t10-,11-;/m0./s1. The van der Waals surface area contributed by atoms with Crippen LogP contribution in [0.1, 0.15) is 30.9 Å². The van der Waals surface area contributed by atoms with Crippen LogP contribution in [0.5, 0.6) is 0 Å². The summed E-state index contributed by atoms with van der Waals surface area (Å²) < 4.78 is 0. The van der Waals surface area contributed by atoms with E-state index < -0.39 is 0 Å². The predicted octanol–water partition coefficient (Wildman–Crippen LogP) is 3.69. The van der Waals surface area contributed by atoms with Crippen molar-refractivity contribution in [1.29, 1.82) is 0 Å². The number of carbonyl (C=O) groups is 1. The predicted molar refractivity (Wildman–Crippen MR) is 93.0 cm³/mol. The van der Waals surface area contributed by atoms with Crippen LogP contribution < -0.4 is 5.32 Å². The second-order valence-corrected chi connectivity index (χ2v) is 6.96. The molecule has 0 spiro atoms. The van der Waals surface area contributed by atoms with Crippen LogP contribution in [-0.4, -0.2) is 29.9 Å². The van der Waals surface area contributed by atoms with Gasteiger partial charge in [0.05, 0.1) is 0 Å². The molecule has 1 saturated heterocycles. The van der Waals surface area contributed by atoms with Gasteiger partial charge in [-0.05, 0) is 56.0 Å². The Balaban J connectivity index is 0.00000176. The molecule has 2 aliphatic heterocycles. The number of hydrogen-bond donors (Lipinski definition) is 1. The molecule has 2 heterocycles. The number of amides is 1. The molecular formula is C16H21Cl3N2O. The molecule has 3 rings (SSSR count). The fourth-order valence-electron chi connectivity index (χ4n) is 3.41. The lowest BCUT2D eigenvalue weighted by Gasteiger charge is -2.35. The third-order valence-corrected chi connectivity index (χ3v) is 5.09. The van der Waals surface area contributed by atoms with Crippen LogP contribution in [-0.2, 0) is 17.8 Å². The lowest BCUT2D eigenvalue weighted by atomic mass is 9.90. The van der Waals surface area contributed by atoms with Crippen LogP contribution in [0.15, 0.2) is 12.1 Å². The van der Waals surface area contributed by atoms with Crippen molar-refractivity contribution in [1.82, 2.24) is 10.2 Å². The zero-order chi connectivity index (χ0) is 15.0. The normalized spacial score (nSPS) is 24.4. The van der Waals surface area contributed by atoms with Gasteiger partial charge in [0.25, 0.3) is 0 Å². The zero-order valence-corrected chi connectivity index (χ0v) is 14.9. The van der Waals surface area contributed by atoms with Gasteiger partial charge in [0.1, 0.15) is 0 Å². The van der Waals surface area contributed by atoms with E-state index in [1.165, 1.54) is 0 Å². The fourth-order valence-corrected chi connectivity index (χ4v) is 4.04. The second kappa shape index (κ2) is 7.39. The van der Waals surface area contributed by atoms with Crippen LogP contribution in [0.3, 0.4) is 0 Å². The van der Waals surface area contributed by atoms with Gasteiger partial charge < -0.3 is 10.2 Å². The number of benzene rings is 1. The maximum atomic E-state index is 12.7. The summed E-state index contributed by atoms with van der Waals surface area (Å²) in [5.41, 5.74) is 2.23. The van der Waals surface area contributed by atoms with Crippen LogP contribution in [0.4, 0.5) is 0 Å². The van der Waals surface area contributed by atoms with Gasteiger partial charge in [-0.1, -0.05) is 23.2 Å². The smallest absolute Gasteiger partial charge is 0.226 e. The van der Waals surface area contributed by atoms with Gasteiger partial charge in [0, 0.05) is 35.1 Å². The van der Waals surface area contributed by atoms with E-state index in [9.17, 15) is 4.79 Å². The molecule has 0 bridgehead atoms. The van der Waals surface area contributed by atoms with Gasteiger partial charge in [-0.2, -0.15) is 0 Å². The Morgan fingerprint density at radius 3 is 2.86 bits per heavy atom. The molecule has 0 radical (unpaired) electrons. The minimum absolute atomic E-state index is 0. The summed E-state index contributed by atoms with van der Waals surface area (Å²) in [6.45, 7) is 4.46. The number of nitrogens with zero attached hydrogens (tertiary/aromatic N) is 1. The molecule has 0 aliphatic carbocycles. The van der Waals surface area contributed by atoms with E-state index in [0.717, 1.165) is 48.5 Å². The second-order valence-electron chi connectivity index (χ2n) is 6.11. The third kappa shape index (κ3) is 3.70. The van der Waals surface area contributed by atoms with E-state index in [4.69, 9.17) is 23.2 Å². The van der Waals surface area contributed by atoms with Crippen LogP contribution in [0, 0.1) is 5.92 Å². The summed E-state index contributed by atoms with van der Waals surface area (Å²) in [6.07, 6.45) is 2.68. The third-order valence-electron chi connectivity index (χ3n) is 4.53. The maximum Gasteiger partial charge on any atom is 0.226 e. The number of piperidine rings is 1. The molecule has 1 aromatic rings. The minimum Gasteiger partial charge on any atom is -0.338 e. The Morgan fingerprint density at radius 2 is 2.14 bits per heavy atom. The lowest BCUT2D eigenvalue weighted by molar-refractivity contribution is -0.137. The highest BCUT2D eigenvalue weighted by Crippen LogP contribution is 2.31. The van der Waals surface area contributed by atoms with E-state index in [-0.39, 0.29) is 24.2 Å². The monoisotopic (exact) mass is 362 g/mol. The molecule has 0 saturated carbocycles.